The molecule has 8 bridgehead atoms. The quantitative estimate of drug-likeness (QED) is 0.721. The van der Waals surface area contributed by atoms with E-state index in [0.29, 0.717) is 12.1 Å². The summed E-state index contributed by atoms with van der Waals surface area (Å²) >= 11 is 0. The molecule has 0 spiro atoms. The molecule has 156 valence electrons. The lowest BCUT2D eigenvalue weighted by molar-refractivity contribution is -0.176. The van der Waals surface area contributed by atoms with Gasteiger partial charge in [0.05, 0.1) is 0 Å². The van der Waals surface area contributed by atoms with Crippen molar-refractivity contribution in [2.45, 2.75) is 96.9 Å². The summed E-state index contributed by atoms with van der Waals surface area (Å²) in [5.74, 6) is 4.17. The number of piperidine rings is 4. The maximum absolute atomic E-state index is 9.54. The molecule has 1 aromatic rings. The van der Waals surface area contributed by atoms with Gasteiger partial charge in [0.1, 0.15) is 0 Å². The molecule has 8 fully saturated rings. The van der Waals surface area contributed by atoms with E-state index in [0.717, 1.165) is 35.8 Å². The summed E-state index contributed by atoms with van der Waals surface area (Å²) in [6.45, 7) is 1.19. The topological polar surface area (TPSA) is 26.7 Å². The van der Waals surface area contributed by atoms with Crippen molar-refractivity contribution in [3.8, 4) is 0 Å². The molecule has 9 rings (SSSR count). The Labute approximate surface area is 172 Å². The maximum atomic E-state index is 9.54. The average Bonchev–Trinajstić information content (AvgIpc) is 3.33. The van der Waals surface area contributed by atoms with Crippen LogP contribution in [0.25, 0.3) is 0 Å². The van der Waals surface area contributed by atoms with E-state index in [2.05, 4.69) is 35.2 Å². The first-order chi connectivity index (χ1) is 12.7. The Morgan fingerprint density at radius 1 is 0.643 bits per heavy atom. The first-order valence-electron chi connectivity index (χ1n) is 11.0. The number of rotatable bonds is 2. The van der Waals surface area contributed by atoms with Crippen LogP contribution < -0.4 is 0 Å². The monoisotopic (exact) mass is 384 g/mol. The first kappa shape index (κ1) is 20.4. The molecule has 28 heavy (non-hydrogen) atoms. The normalized spacial score (nSPS) is 44.2. The van der Waals surface area contributed by atoms with Crippen molar-refractivity contribution in [3.05, 3.63) is 35.9 Å². The zero-order valence-corrected chi connectivity index (χ0v) is 15.7. The van der Waals surface area contributed by atoms with Gasteiger partial charge in [-0.3, -0.25) is 4.90 Å². The minimum absolute atomic E-state index is 0. The van der Waals surface area contributed by atoms with Crippen molar-refractivity contribution in [2.24, 2.45) is 23.7 Å². The van der Waals surface area contributed by atoms with E-state index in [1.807, 2.05) is 0 Å². The van der Waals surface area contributed by atoms with Crippen molar-refractivity contribution in [1.82, 2.24) is 9.96 Å². The van der Waals surface area contributed by atoms with Crippen LogP contribution >= 0.6 is 0 Å². The fourth-order valence-corrected chi connectivity index (χ4v) is 7.73. The van der Waals surface area contributed by atoms with Gasteiger partial charge in [-0.2, -0.15) is 5.06 Å². The molecule has 0 atom stereocenters. The molecule has 4 aliphatic carbocycles. The van der Waals surface area contributed by atoms with E-state index in [-0.39, 0.29) is 14.9 Å². The summed E-state index contributed by atoms with van der Waals surface area (Å²) < 4.78 is 0. The Bertz CT molecular complexity index is 604. The van der Waals surface area contributed by atoms with Crippen LogP contribution in [-0.2, 0) is 6.54 Å². The number of hydroxylamine groups is 2. The van der Waals surface area contributed by atoms with Gasteiger partial charge in [0, 0.05) is 30.7 Å². The maximum Gasteiger partial charge on any atom is 0.0358 e. The van der Waals surface area contributed by atoms with E-state index < -0.39 is 0 Å². The Morgan fingerprint density at radius 3 is 1.46 bits per heavy atom. The molecule has 4 saturated heterocycles. The van der Waals surface area contributed by atoms with Crippen molar-refractivity contribution < 1.29 is 5.21 Å². The van der Waals surface area contributed by atoms with Crippen LogP contribution in [0.4, 0.5) is 0 Å². The van der Waals surface area contributed by atoms with E-state index in [1.165, 1.54) is 63.5 Å². The summed E-state index contributed by atoms with van der Waals surface area (Å²) in [5.41, 5.74) is 1.50. The van der Waals surface area contributed by atoms with E-state index in [4.69, 9.17) is 0 Å². The van der Waals surface area contributed by atoms with Crippen LogP contribution in [0.5, 0.6) is 0 Å². The molecule has 8 aliphatic rings. The molecule has 4 aliphatic heterocycles. The zero-order chi connectivity index (χ0) is 17.3. The third-order valence-corrected chi connectivity index (χ3v) is 8.83. The Kier molecular flexibility index (Phi) is 5.63. The molecule has 3 nitrogen and oxygen atoms in total. The largest absolute Gasteiger partial charge is 0.313 e. The molecule has 4 saturated carbocycles. The predicted octanol–water partition coefficient (Wildman–Crippen LogP) is 5.58. The second kappa shape index (κ2) is 7.74. The second-order valence-corrected chi connectivity index (χ2v) is 10.1. The van der Waals surface area contributed by atoms with Crippen LogP contribution in [0.2, 0.25) is 0 Å². The summed E-state index contributed by atoms with van der Waals surface area (Å²) in [7, 11) is 0. The summed E-state index contributed by atoms with van der Waals surface area (Å²) in [6, 6.07) is 13.9. The highest BCUT2D eigenvalue weighted by Crippen LogP contribution is 2.54. The van der Waals surface area contributed by atoms with Gasteiger partial charge < -0.3 is 5.21 Å². The van der Waals surface area contributed by atoms with Gasteiger partial charge in [-0.15, -0.1) is 0 Å². The number of hydrogen-bond donors (Lipinski definition) is 1. The second-order valence-electron chi connectivity index (χ2n) is 10.1. The summed E-state index contributed by atoms with van der Waals surface area (Å²) in [5, 5.41) is 11.2. The fraction of sp³-hybridized carbons (Fsp3) is 0.760. The third-order valence-electron chi connectivity index (χ3n) is 8.83. The lowest BCUT2D eigenvalue weighted by atomic mass is 9.96. The predicted molar refractivity (Wildman–Crippen MR) is 115 cm³/mol. The number of nitrogens with zero attached hydrogens (tertiary/aromatic N) is 2. The molecular weight excluding hydrogens is 344 g/mol. The fourth-order valence-electron chi connectivity index (χ4n) is 7.73. The Morgan fingerprint density at radius 2 is 1.04 bits per heavy atom. The van der Waals surface area contributed by atoms with Gasteiger partial charge in [-0.25, -0.2) is 0 Å². The van der Waals surface area contributed by atoms with Gasteiger partial charge in [0.25, 0.3) is 0 Å². The molecule has 0 unspecified atom stereocenters. The Balaban J connectivity index is 0.000000139. The first-order valence-corrected chi connectivity index (χ1v) is 11.0. The number of benzene rings is 1. The third kappa shape index (κ3) is 3.24. The highest BCUT2D eigenvalue weighted by atomic mass is 16.5. The highest BCUT2D eigenvalue weighted by molar-refractivity contribution is 5.16. The lowest BCUT2D eigenvalue weighted by Crippen LogP contribution is -2.45. The highest BCUT2D eigenvalue weighted by Gasteiger charge is 2.52. The lowest BCUT2D eigenvalue weighted by Gasteiger charge is -2.40. The zero-order valence-electron chi connectivity index (χ0n) is 15.7. The molecule has 0 radical (unpaired) electrons. The van der Waals surface area contributed by atoms with E-state index in [1.54, 1.807) is 5.06 Å². The van der Waals surface area contributed by atoms with Gasteiger partial charge >= 0.3 is 0 Å². The number of hydrogen-bond acceptors (Lipinski definition) is 3. The molecule has 1 N–H and O–H groups in total. The van der Waals surface area contributed by atoms with Crippen LogP contribution in [0.3, 0.4) is 0 Å². The molecule has 1 aromatic carbocycles. The van der Waals surface area contributed by atoms with Crippen LogP contribution in [0.1, 0.15) is 71.8 Å². The molecule has 3 heteroatoms. The summed E-state index contributed by atoms with van der Waals surface area (Å²) in [6.07, 6.45) is 11.1. The van der Waals surface area contributed by atoms with Crippen LogP contribution in [0.15, 0.2) is 30.3 Å². The van der Waals surface area contributed by atoms with Crippen molar-refractivity contribution in [2.75, 3.05) is 0 Å². The van der Waals surface area contributed by atoms with Crippen LogP contribution in [0, 0.1) is 23.7 Å². The standard InChI is InChI=1S/C15H19N.C8H13NO.2CH4/c1-2-4-11(5-3-1)10-16-14-6-12-7-15(16)9-13(12)8-14;10-9-7-1-5-2-8(9)4-6(5)3-7;;/h1-5,12-15H,6-10H2;5-8,10H,1-4H2;2*1H4. The minimum atomic E-state index is 0. The SMILES string of the molecule is C.C.ON1C2CC3CC1CC3C2.c1ccc(CN2C3CC4CC2CC4C3)cc1. The van der Waals surface area contributed by atoms with Crippen molar-refractivity contribution >= 4 is 0 Å². The van der Waals surface area contributed by atoms with Gasteiger partial charge in [-0.1, -0.05) is 45.2 Å². The smallest absolute Gasteiger partial charge is 0.0358 e. The van der Waals surface area contributed by atoms with E-state index in [9.17, 15) is 5.21 Å². The van der Waals surface area contributed by atoms with Crippen molar-refractivity contribution in [1.29, 1.82) is 0 Å². The average molecular weight is 385 g/mol. The minimum Gasteiger partial charge on any atom is -0.313 e. The van der Waals surface area contributed by atoms with Gasteiger partial charge in [0.2, 0.25) is 0 Å². The van der Waals surface area contributed by atoms with E-state index >= 15 is 0 Å². The van der Waals surface area contributed by atoms with Gasteiger partial charge in [-0.05, 0) is 80.6 Å². The molecule has 0 amide bonds. The molecular formula is C25H40N2O. The van der Waals surface area contributed by atoms with Crippen molar-refractivity contribution in [3.63, 3.8) is 0 Å². The molecule has 4 heterocycles. The van der Waals surface area contributed by atoms with Crippen LogP contribution in [-0.4, -0.2) is 39.3 Å². The molecule has 0 aromatic heterocycles. The Hall–Kier alpha value is -0.900. The van der Waals surface area contributed by atoms with Gasteiger partial charge in [0.15, 0.2) is 0 Å². The summed E-state index contributed by atoms with van der Waals surface area (Å²) in [4.78, 5) is 2.80.